The average Bonchev–Trinajstić information content (AvgIpc) is 3.34. The lowest BCUT2D eigenvalue weighted by atomic mass is 9.90. The van der Waals surface area contributed by atoms with E-state index >= 15 is 0 Å². The topological polar surface area (TPSA) is 54.3 Å². The zero-order valence-corrected chi connectivity index (χ0v) is 19.4. The largest absolute Gasteiger partial charge is 0.351 e. The first-order valence-corrected chi connectivity index (χ1v) is 12.1. The fourth-order valence-corrected chi connectivity index (χ4v) is 6.01. The maximum absolute atomic E-state index is 13.8. The number of anilines is 1. The van der Waals surface area contributed by atoms with Crippen molar-refractivity contribution in [1.82, 2.24) is 9.88 Å². The summed E-state index contributed by atoms with van der Waals surface area (Å²) in [5, 5.41) is 5.88. The number of carbonyl (C=O) groups excluding carboxylic acids is 2. The maximum Gasteiger partial charge on any atom is 0.275 e. The van der Waals surface area contributed by atoms with E-state index in [0.29, 0.717) is 22.9 Å². The van der Waals surface area contributed by atoms with E-state index < -0.39 is 5.54 Å². The molecule has 1 aliphatic heterocycles. The Balaban J connectivity index is 1.63. The number of rotatable bonds is 3. The number of hydrogen-bond donors (Lipinski definition) is 1. The Labute approximate surface area is 191 Å². The van der Waals surface area contributed by atoms with E-state index in [1.807, 2.05) is 54.1 Å². The van der Waals surface area contributed by atoms with Crippen LogP contribution >= 0.6 is 22.9 Å². The number of nitrogens with one attached hydrogen (secondary N) is 1. The smallest absolute Gasteiger partial charge is 0.275 e. The van der Waals surface area contributed by atoms with E-state index in [0.717, 1.165) is 41.5 Å². The van der Waals surface area contributed by atoms with Crippen LogP contribution in [-0.2, 0) is 11.3 Å². The first-order valence-electron chi connectivity index (χ1n) is 10.9. The number of amides is 2. The van der Waals surface area contributed by atoms with Crippen molar-refractivity contribution < 1.29 is 9.59 Å². The zero-order chi connectivity index (χ0) is 21.8. The molecule has 7 heteroatoms. The number of hydrogen-bond acceptors (Lipinski definition) is 3. The van der Waals surface area contributed by atoms with Crippen LogP contribution in [0.15, 0.2) is 35.7 Å². The molecule has 1 atom stereocenters. The van der Waals surface area contributed by atoms with E-state index in [1.165, 1.54) is 6.42 Å². The SMILES string of the molecule is Cc1c(Cl)cccc1N1C(=O)c2cc3sccc3n2C[C@@]1(C)C(=O)NC1CCCCC1. The molecule has 5 rings (SSSR count). The van der Waals surface area contributed by atoms with Crippen molar-refractivity contribution in [2.24, 2.45) is 0 Å². The van der Waals surface area contributed by atoms with E-state index in [-0.39, 0.29) is 17.9 Å². The molecule has 31 heavy (non-hydrogen) atoms. The normalized spacial score (nSPS) is 22.0. The molecular weight excluding hydrogens is 430 g/mol. The summed E-state index contributed by atoms with van der Waals surface area (Å²) in [5.41, 5.74) is 2.05. The van der Waals surface area contributed by atoms with Gasteiger partial charge in [0.1, 0.15) is 11.2 Å². The highest BCUT2D eigenvalue weighted by Crippen LogP contribution is 2.39. The van der Waals surface area contributed by atoms with Crippen molar-refractivity contribution in [3.8, 4) is 0 Å². The van der Waals surface area contributed by atoms with Gasteiger partial charge in [-0.05, 0) is 61.9 Å². The van der Waals surface area contributed by atoms with Gasteiger partial charge >= 0.3 is 0 Å². The third kappa shape index (κ3) is 3.28. The highest BCUT2D eigenvalue weighted by Gasteiger charge is 2.49. The zero-order valence-electron chi connectivity index (χ0n) is 17.8. The van der Waals surface area contributed by atoms with Gasteiger partial charge in [-0.25, -0.2) is 0 Å². The standard InChI is InChI=1S/C24H26ClN3O2S/c1-15-17(25)9-6-10-18(15)28-22(29)20-13-21-19(11-12-31-21)27(20)14-24(28,2)23(30)26-16-7-4-3-5-8-16/h6,9-13,16H,3-5,7-8,14H2,1-2H3,(H,26,30)/t24-/m0/s1. The van der Waals surface area contributed by atoms with Crippen molar-refractivity contribution in [1.29, 1.82) is 0 Å². The molecule has 1 N–H and O–H groups in total. The first-order chi connectivity index (χ1) is 14.9. The van der Waals surface area contributed by atoms with Gasteiger partial charge in [-0.2, -0.15) is 0 Å². The van der Waals surface area contributed by atoms with Gasteiger partial charge in [-0.15, -0.1) is 11.3 Å². The molecule has 162 valence electrons. The highest BCUT2D eigenvalue weighted by molar-refractivity contribution is 7.17. The summed E-state index contributed by atoms with van der Waals surface area (Å²) >= 11 is 8.02. The molecule has 1 saturated carbocycles. The van der Waals surface area contributed by atoms with Gasteiger partial charge in [-0.1, -0.05) is 36.9 Å². The summed E-state index contributed by atoms with van der Waals surface area (Å²) in [6, 6.07) is 9.66. The molecule has 3 heterocycles. The predicted octanol–water partition coefficient (Wildman–Crippen LogP) is 5.53. The molecule has 0 spiro atoms. The van der Waals surface area contributed by atoms with Crippen LogP contribution in [0.5, 0.6) is 0 Å². The van der Waals surface area contributed by atoms with Gasteiger partial charge in [0.15, 0.2) is 0 Å². The summed E-state index contributed by atoms with van der Waals surface area (Å²) in [6.07, 6.45) is 5.48. The van der Waals surface area contributed by atoms with Crippen LogP contribution in [0.4, 0.5) is 5.69 Å². The van der Waals surface area contributed by atoms with Crippen LogP contribution < -0.4 is 10.2 Å². The molecule has 1 fully saturated rings. The summed E-state index contributed by atoms with van der Waals surface area (Å²) in [6.45, 7) is 4.18. The summed E-state index contributed by atoms with van der Waals surface area (Å²) < 4.78 is 3.06. The van der Waals surface area contributed by atoms with E-state index in [4.69, 9.17) is 11.6 Å². The fourth-order valence-electron chi connectivity index (χ4n) is 5.02. The van der Waals surface area contributed by atoms with E-state index in [9.17, 15) is 9.59 Å². The number of halogens is 1. The molecule has 2 aliphatic rings. The highest BCUT2D eigenvalue weighted by atomic mass is 35.5. The average molecular weight is 456 g/mol. The Morgan fingerprint density at radius 3 is 2.77 bits per heavy atom. The number of carbonyl (C=O) groups is 2. The molecule has 3 aromatic rings. The van der Waals surface area contributed by atoms with Crippen LogP contribution in [0.1, 0.15) is 55.1 Å². The Morgan fingerprint density at radius 1 is 1.23 bits per heavy atom. The fraction of sp³-hybridized carbons (Fsp3) is 0.417. The number of benzene rings is 1. The van der Waals surface area contributed by atoms with Gasteiger partial charge in [0.05, 0.1) is 16.8 Å². The monoisotopic (exact) mass is 455 g/mol. The quantitative estimate of drug-likeness (QED) is 0.564. The molecule has 0 radical (unpaired) electrons. The Kier molecular flexibility index (Phi) is 5.10. The minimum atomic E-state index is -1.06. The third-order valence-electron chi connectivity index (χ3n) is 6.81. The predicted molar refractivity (Wildman–Crippen MR) is 126 cm³/mol. The lowest BCUT2D eigenvalue weighted by Crippen LogP contribution is -2.65. The number of nitrogens with zero attached hydrogens (tertiary/aromatic N) is 2. The first kappa shape index (κ1) is 20.6. The molecule has 1 aromatic carbocycles. The van der Waals surface area contributed by atoms with Crippen molar-refractivity contribution >= 4 is 50.7 Å². The van der Waals surface area contributed by atoms with Gasteiger partial charge in [-0.3, -0.25) is 14.5 Å². The molecule has 2 aromatic heterocycles. The lowest BCUT2D eigenvalue weighted by Gasteiger charge is -2.45. The van der Waals surface area contributed by atoms with E-state index in [1.54, 1.807) is 16.2 Å². The van der Waals surface area contributed by atoms with Crippen LogP contribution in [0.3, 0.4) is 0 Å². The molecule has 1 aliphatic carbocycles. The van der Waals surface area contributed by atoms with Crippen molar-refractivity contribution in [2.45, 2.75) is 64.1 Å². The minimum absolute atomic E-state index is 0.102. The molecule has 0 bridgehead atoms. The lowest BCUT2D eigenvalue weighted by molar-refractivity contribution is -0.127. The molecule has 0 saturated heterocycles. The Hall–Kier alpha value is -2.31. The van der Waals surface area contributed by atoms with Crippen LogP contribution in [0.2, 0.25) is 5.02 Å². The Morgan fingerprint density at radius 2 is 2.00 bits per heavy atom. The Bertz CT molecular complexity index is 1180. The maximum atomic E-state index is 13.8. The number of thiophene rings is 1. The molecule has 5 nitrogen and oxygen atoms in total. The molecular formula is C24H26ClN3O2S. The van der Waals surface area contributed by atoms with Crippen LogP contribution in [-0.4, -0.2) is 28.0 Å². The van der Waals surface area contributed by atoms with Crippen LogP contribution in [0.25, 0.3) is 10.2 Å². The minimum Gasteiger partial charge on any atom is -0.351 e. The summed E-state index contributed by atoms with van der Waals surface area (Å²) in [4.78, 5) is 29.3. The second-order valence-electron chi connectivity index (χ2n) is 8.89. The van der Waals surface area contributed by atoms with E-state index in [2.05, 4.69) is 5.32 Å². The van der Waals surface area contributed by atoms with Crippen molar-refractivity contribution in [3.63, 3.8) is 0 Å². The second-order valence-corrected chi connectivity index (χ2v) is 10.2. The van der Waals surface area contributed by atoms with Gasteiger partial charge in [0, 0.05) is 16.8 Å². The van der Waals surface area contributed by atoms with Crippen molar-refractivity contribution in [3.05, 3.63) is 52.0 Å². The number of aromatic nitrogens is 1. The van der Waals surface area contributed by atoms with Crippen LogP contribution in [0, 0.1) is 6.92 Å². The van der Waals surface area contributed by atoms with Gasteiger partial charge < -0.3 is 9.88 Å². The molecule has 2 amide bonds. The van der Waals surface area contributed by atoms with Gasteiger partial charge in [0.2, 0.25) is 5.91 Å². The second kappa shape index (κ2) is 7.68. The summed E-state index contributed by atoms with van der Waals surface area (Å²) in [7, 11) is 0. The van der Waals surface area contributed by atoms with Crippen molar-refractivity contribution in [2.75, 3.05) is 4.90 Å². The number of fused-ring (bicyclic) bond motifs is 3. The third-order valence-corrected chi connectivity index (χ3v) is 8.08. The van der Waals surface area contributed by atoms with Gasteiger partial charge in [0.25, 0.3) is 5.91 Å². The molecule has 0 unspecified atom stereocenters. The summed E-state index contributed by atoms with van der Waals surface area (Å²) in [5.74, 6) is -0.267.